The van der Waals surface area contributed by atoms with E-state index in [1.165, 1.54) is 0 Å². The third-order valence-corrected chi connectivity index (χ3v) is 6.30. The summed E-state index contributed by atoms with van der Waals surface area (Å²) in [6.07, 6.45) is 8.34. The van der Waals surface area contributed by atoms with Crippen LogP contribution < -0.4 is 5.32 Å². The van der Waals surface area contributed by atoms with E-state index in [0.717, 1.165) is 43.4 Å². The van der Waals surface area contributed by atoms with E-state index in [1.807, 2.05) is 29.2 Å². The zero-order valence-corrected chi connectivity index (χ0v) is 17.2. The van der Waals surface area contributed by atoms with Gasteiger partial charge in [-0.3, -0.25) is 14.6 Å². The number of benzene rings is 1. The van der Waals surface area contributed by atoms with Crippen molar-refractivity contribution in [1.29, 1.82) is 0 Å². The first-order chi connectivity index (χ1) is 14.0. The van der Waals surface area contributed by atoms with Gasteiger partial charge in [0.2, 0.25) is 5.91 Å². The van der Waals surface area contributed by atoms with Gasteiger partial charge in [-0.25, -0.2) is 0 Å². The van der Waals surface area contributed by atoms with Crippen LogP contribution in [-0.4, -0.2) is 33.8 Å². The van der Waals surface area contributed by atoms with Crippen LogP contribution in [0.15, 0.2) is 48.8 Å². The van der Waals surface area contributed by atoms with Gasteiger partial charge < -0.3 is 10.2 Å². The summed E-state index contributed by atoms with van der Waals surface area (Å²) in [5.74, 6) is 0.00602. The van der Waals surface area contributed by atoms with Gasteiger partial charge in [0.05, 0.1) is 11.5 Å². The monoisotopic (exact) mass is 391 g/mol. The molecule has 0 saturated heterocycles. The standard InChI is InChI=1S/C24H29N3O2/c1-17(2)16-27-23(29)20-9-5-4-8-19(20)21(24(27)12-6-3-7-13-24)22(28)26-18-10-14-25-15-11-18/h4-5,8-11,14-15,17,21H,3,6-7,12-13,16H2,1-2H3,(H,25,26,28)/t21-/m0/s1. The number of amides is 2. The molecule has 1 atom stereocenters. The van der Waals surface area contributed by atoms with Crippen molar-refractivity contribution < 1.29 is 9.59 Å². The van der Waals surface area contributed by atoms with E-state index in [0.29, 0.717) is 18.0 Å². The number of carbonyl (C=O) groups is 2. The summed E-state index contributed by atoms with van der Waals surface area (Å²) in [5.41, 5.74) is 1.82. The Labute approximate surface area is 172 Å². The minimum Gasteiger partial charge on any atom is -0.332 e. The van der Waals surface area contributed by atoms with Crippen LogP contribution in [0.25, 0.3) is 0 Å². The van der Waals surface area contributed by atoms with E-state index in [2.05, 4.69) is 24.1 Å². The second-order valence-electron chi connectivity index (χ2n) is 8.72. The number of fused-ring (bicyclic) bond motifs is 1. The fraction of sp³-hybridized carbons (Fsp3) is 0.458. The van der Waals surface area contributed by atoms with Crippen LogP contribution >= 0.6 is 0 Å². The lowest BCUT2D eigenvalue weighted by Crippen LogP contribution is -2.62. The predicted molar refractivity (Wildman–Crippen MR) is 114 cm³/mol. The maximum absolute atomic E-state index is 13.7. The Kier molecular flexibility index (Phi) is 5.39. The van der Waals surface area contributed by atoms with Crippen molar-refractivity contribution in [2.24, 2.45) is 5.92 Å². The molecule has 29 heavy (non-hydrogen) atoms. The maximum Gasteiger partial charge on any atom is 0.254 e. The molecule has 1 N–H and O–H groups in total. The Bertz CT molecular complexity index is 888. The van der Waals surface area contributed by atoms with Crippen molar-refractivity contribution in [3.63, 3.8) is 0 Å². The zero-order chi connectivity index (χ0) is 20.4. The summed E-state index contributed by atoms with van der Waals surface area (Å²) in [6.45, 7) is 4.94. The Morgan fingerprint density at radius 3 is 2.52 bits per heavy atom. The van der Waals surface area contributed by atoms with Crippen LogP contribution in [0.4, 0.5) is 5.69 Å². The smallest absolute Gasteiger partial charge is 0.254 e. The number of rotatable bonds is 4. The van der Waals surface area contributed by atoms with Crippen molar-refractivity contribution in [2.75, 3.05) is 11.9 Å². The van der Waals surface area contributed by atoms with Crippen molar-refractivity contribution in [2.45, 2.75) is 57.4 Å². The first-order valence-corrected chi connectivity index (χ1v) is 10.6. The number of hydrogen-bond donors (Lipinski definition) is 1. The summed E-state index contributed by atoms with van der Waals surface area (Å²) in [7, 11) is 0. The third-order valence-electron chi connectivity index (χ3n) is 6.30. The summed E-state index contributed by atoms with van der Waals surface area (Å²) in [6, 6.07) is 11.3. The van der Waals surface area contributed by atoms with Crippen molar-refractivity contribution >= 4 is 17.5 Å². The van der Waals surface area contributed by atoms with Gasteiger partial charge in [-0.15, -0.1) is 0 Å². The largest absolute Gasteiger partial charge is 0.332 e. The van der Waals surface area contributed by atoms with Gasteiger partial charge in [0.25, 0.3) is 5.91 Å². The van der Waals surface area contributed by atoms with Crippen LogP contribution in [0, 0.1) is 5.92 Å². The minimum absolute atomic E-state index is 0.0354. The molecule has 5 nitrogen and oxygen atoms in total. The second kappa shape index (κ2) is 7.97. The lowest BCUT2D eigenvalue weighted by molar-refractivity contribution is -0.122. The van der Waals surface area contributed by atoms with Crippen LogP contribution in [0.1, 0.15) is 67.8 Å². The van der Waals surface area contributed by atoms with Gasteiger partial charge in [-0.2, -0.15) is 0 Å². The fourth-order valence-corrected chi connectivity index (χ4v) is 5.12. The van der Waals surface area contributed by atoms with Crippen molar-refractivity contribution in [3.05, 3.63) is 59.9 Å². The second-order valence-corrected chi connectivity index (χ2v) is 8.72. The fourth-order valence-electron chi connectivity index (χ4n) is 5.12. The molecule has 2 amide bonds. The Morgan fingerprint density at radius 2 is 1.83 bits per heavy atom. The van der Waals surface area contributed by atoms with Crippen molar-refractivity contribution in [3.8, 4) is 0 Å². The predicted octanol–water partition coefficient (Wildman–Crippen LogP) is 4.62. The lowest BCUT2D eigenvalue weighted by atomic mass is 9.65. The van der Waals surface area contributed by atoms with Crippen LogP contribution in [0.2, 0.25) is 0 Å². The Balaban J connectivity index is 1.83. The number of pyridine rings is 1. The zero-order valence-electron chi connectivity index (χ0n) is 17.2. The molecule has 1 aliphatic heterocycles. The van der Waals surface area contributed by atoms with E-state index in [-0.39, 0.29) is 17.7 Å². The highest BCUT2D eigenvalue weighted by Gasteiger charge is 2.54. The van der Waals surface area contributed by atoms with Gasteiger partial charge in [0, 0.05) is 30.2 Å². The molecular formula is C24H29N3O2. The number of nitrogens with zero attached hydrogens (tertiary/aromatic N) is 2. The van der Waals surface area contributed by atoms with E-state index in [1.54, 1.807) is 24.5 Å². The first-order valence-electron chi connectivity index (χ1n) is 10.6. The van der Waals surface area contributed by atoms with Crippen LogP contribution in [0.3, 0.4) is 0 Å². The molecule has 2 aliphatic rings. The Hall–Kier alpha value is -2.69. The van der Waals surface area contributed by atoms with E-state index < -0.39 is 5.54 Å². The number of aromatic nitrogens is 1. The van der Waals surface area contributed by atoms with Gasteiger partial charge in [0.1, 0.15) is 0 Å². The van der Waals surface area contributed by atoms with Gasteiger partial charge >= 0.3 is 0 Å². The Morgan fingerprint density at radius 1 is 1.14 bits per heavy atom. The number of anilines is 1. The molecule has 2 aromatic rings. The molecule has 0 unspecified atom stereocenters. The molecule has 1 aromatic heterocycles. The highest BCUT2D eigenvalue weighted by Crippen LogP contribution is 2.49. The maximum atomic E-state index is 13.7. The molecular weight excluding hydrogens is 362 g/mol. The summed E-state index contributed by atoms with van der Waals surface area (Å²) < 4.78 is 0. The topological polar surface area (TPSA) is 62.3 Å². The summed E-state index contributed by atoms with van der Waals surface area (Å²) >= 11 is 0. The first kappa shape index (κ1) is 19.6. The minimum atomic E-state index is -0.453. The third kappa shape index (κ3) is 3.54. The molecule has 2 heterocycles. The number of carbonyl (C=O) groups excluding carboxylic acids is 2. The SMILES string of the molecule is CC(C)CN1C(=O)c2ccccc2[C@@H](C(=O)Nc2ccncc2)C12CCCCC2. The molecule has 0 bridgehead atoms. The highest BCUT2D eigenvalue weighted by molar-refractivity contribution is 6.05. The molecule has 152 valence electrons. The van der Waals surface area contributed by atoms with Crippen LogP contribution in [0.5, 0.6) is 0 Å². The molecule has 0 radical (unpaired) electrons. The average molecular weight is 392 g/mol. The number of hydrogen-bond acceptors (Lipinski definition) is 3. The average Bonchev–Trinajstić information content (AvgIpc) is 2.72. The normalized spacial score (nSPS) is 20.6. The molecule has 1 spiro atoms. The van der Waals surface area contributed by atoms with Crippen molar-refractivity contribution in [1.82, 2.24) is 9.88 Å². The molecule has 1 aromatic carbocycles. The van der Waals surface area contributed by atoms with Crippen LogP contribution in [-0.2, 0) is 4.79 Å². The quantitative estimate of drug-likeness (QED) is 0.827. The lowest BCUT2D eigenvalue weighted by Gasteiger charge is -2.54. The summed E-state index contributed by atoms with van der Waals surface area (Å²) in [5, 5.41) is 3.10. The van der Waals surface area contributed by atoms with E-state index in [4.69, 9.17) is 0 Å². The van der Waals surface area contributed by atoms with Gasteiger partial charge in [-0.05, 0) is 42.5 Å². The van der Waals surface area contributed by atoms with E-state index in [9.17, 15) is 9.59 Å². The summed E-state index contributed by atoms with van der Waals surface area (Å²) in [4.78, 5) is 33.3. The van der Waals surface area contributed by atoms with E-state index >= 15 is 0 Å². The molecule has 1 aliphatic carbocycles. The molecule has 1 fully saturated rings. The molecule has 5 heteroatoms. The molecule has 1 saturated carbocycles. The van der Waals surface area contributed by atoms with Gasteiger partial charge in [-0.1, -0.05) is 51.3 Å². The molecule has 4 rings (SSSR count). The number of nitrogens with one attached hydrogen (secondary N) is 1. The van der Waals surface area contributed by atoms with Gasteiger partial charge in [0.15, 0.2) is 0 Å². The highest BCUT2D eigenvalue weighted by atomic mass is 16.2.